The quantitative estimate of drug-likeness (QED) is 0.671. The molecular weight excluding hydrogens is 432 g/mol. The van der Waals surface area contributed by atoms with Gasteiger partial charge in [-0.15, -0.1) is 0 Å². The molecule has 0 radical (unpaired) electrons. The minimum atomic E-state index is -0.367. The minimum Gasteiger partial charge on any atom is -0.472 e. The summed E-state index contributed by atoms with van der Waals surface area (Å²) in [5.41, 5.74) is 3.26. The van der Waals surface area contributed by atoms with E-state index in [-0.39, 0.29) is 42.4 Å². The molecule has 0 saturated carbocycles. The summed E-state index contributed by atoms with van der Waals surface area (Å²) in [6.45, 7) is 6.75. The number of aryl methyl sites for hydroxylation is 1. The van der Waals surface area contributed by atoms with E-state index in [1.165, 1.54) is 0 Å². The molecule has 2 heterocycles. The lowest BCUT2D eigenvalue weighted by atomic mass is 9.98. The van der Waals surface area contributed by atoms with Gasteiger partial charge in [-0.25, -0.2) is 4.98 Å². The molecule has 1 aliphatic rings. The molecule has 8 heteroatoms. The zero-order valence-corrected chi connectivity index (χ0v) is 21.0. The molecule has 0 unspecified atom stereocenters. The number of pyridine rings is 1. The van der Waals surface area contributed by atoms with E-state index in [0.717, 1.165) is 16.7 Å². The number of benzene rings is 1. The highest BCUT2D eigenvalue weighted by Gasteiger charge is 2.34. The van der Waals surface area contributed by atoms with Crippen LogP contribution in [0.2, 0.25) is 0 Å². The van der Waals surface area contributed by atoms with Gasteiger partial charge in [0, 0.05) is 31.3 Å². The molecule has 0 aliphatic carbocycles. The third kappa shape index (κ3) is 5.74. The van der Waals surface area contributed by atoms with Gasteiger partial charge in [-0.3, -0.25) is 9.59 Å². The molecule has 2 aromatic rings. The Morgan fingerprint density at radius 3 is 2.62 bits per heavy atom. The first-order valence-corrected chi connectivity index (χ1v) is 11.7. The summed E-state index contributed by atoms with van der Waals surface area (Å²) in [7, 11) is 5.47. The Morgan fingerprint density at radius 1 is 1.26 bits per heavy atom. The molecule has 1 N–H and O–H groups in total. The highest BCUT2D eigenvalue weighted by Crippen LogP contribution is 2.31. The Bertz CT molecular complexity index is 1030. The molecule has 3 atom stereocenters. The summed E-state index contributed by atoms with van der Waals surface area (Å²) in [6.07, 6.45) is 1.35. The number of hydrogen-bond donors (Lipinski definition) is 1. The summed E-state index contributed by atoms with van der Waals surface area (Å²) < 4.78 is 6.30. The number of hydrogen-bond acceptors (Lipinski definition) is 6. The molecule has 0 bridgehead atoms. The Hall–Kier alpha value is -2.97. The van der Waals surface area contributed by atoms with Crippen molar-refractivity contribution < 1.29 is 19.4 Å². The van der Waals surface area contributed by atoms with Crippen LogP contribution in [0.1, 0.15) is 29.8 Å². The maximum atomic E-state index is 13.6. The zero-order valence-electron chi connectivity index (χ0n) is 21.0. The van der Waals surface area contributed by atoms with Crippen molar-refractivity contribution >= 4 is 11.8 Å². The second kappa shape index (κ2) is 11.0. The van der Waals surface area contributed by atoms with Crippen molar-refractivity contribution in [2.75, 3.05) is 47.4 Å². The van der Waals surface area contributed by atoms with E-state index in [4.69, 9.17) is 4.74 Å². The molecule has 1 aromatic heterocycles. The highest BCUT2D eigenvalue weighted by molar-refractivity contribution is 5.98. The van der Waals surface area contributed by atoms with Crippen LogP contribution in [0.5, 0.6) is 5.88 Å². The fourth-order valence-corrected chi connectivity index (χ4v) is 4.13. The third-order valence-electron chi connectivity index (χ3n) is 6.31. The average molecular weight is 469 g/mol. The van der Waals surface area contributed by atoms with Gasteiger partial charge >= 0.3 is 0 Å². The molecule has 0 spiro atoms. The number of aliphatic hydroxyl groups excluding tert-OH is 1. The largest absolute Gasteiger partial charge is 0.472 e. The topological polar surface area (TPSA) is 86.2 Å². The maximum Gasteiger partial charge on any atom is 0.259 e. The lowest BCUT2D eigenvalue weighted by Crippen LogP contribution is -2.51. The molecule has 1 aliphatic heterocycles. The number of carbonyl (C=O) groups excluding carboxylic acids is 2. The number of nitrogens with zero attached hydrogens (tertiary/aromatic N) is 4. The number of rotatable bonds is 7. The maximum absolute atomic E-state index is 13.6. The van der Waals surface area contributed by atoms with E-state index in [2.05, 4.69) is 4.98 Å². The third-order valence-corrected chi connectivity index (χ3v) is 6.31. The van der Waals surface area contributed by atoms with E-state index >= 15 is 0 Å². The molecular formula is C26H36N4O4. The van der Waals surface area contributed by atoms with E-state index in [9.17, 15) is 14.7 Å². The van der Waals surface area contributed by atoms with Crippen molar-refractivity contribution in [3.63, 3.8) is 0 Å². The predicted octanol–water partition coefficient (Wildman–Crippen LogP) is 2.30. The summed E-state index contributed by atoms with van der Waals surface area (Å²) in [5, 5.41) is 9.84. The van der Waals surface area contributed by atoms with Crippen LogP contribution in [-0.2, 0) is 4.79 Å². The molecule has 0 fully saturated rings. The fourth-order valence-electron chi connectivity index (χ4n) is 4.13. The second-order valence-corrected chi connectivity index (χ2v) is 9.53. The van der Waals surface area contributed by atoms with Crippen LogP contribution in [0, 0.1) is 12.8 Å². The number of fused-ring (bicyclic) bond motifs is 1. The van der Waals surface area contributed by atoms with E-state index in [0.29, 0.717) is 25.2 Å². The first-order valence-electron chi connectivity index (χ1n) is 11.7. The van der Waals surface area contributed by atoms with Gasteiger partial charge in [-0.2, -0.15) is 0 Å². The normalized spacial score (nSPS) is 19.2. The summed E-state index contributed by atoms with van der Waals surface area (Å²) in [4.78, 5) is 35.9. The number of aromatic nitrogens is 1. The number of aliphatic hydroxyl groups is 1. The van der Waals surface area contributed by atoms with Crippen molar-refractivity contribution in [3.05, 3.63) is 47.7 Å². The lowest BCUT2D eigenvalue weighted by molar-refractivity contribution is -0.132. The Balaban J connectivity index is 2.00. The van der Waals surface area contributed by atoms with E-state index in [1.54, 1.807) is 23.0 Å². The van der Waals surface area contributed by atoms with Gasteiger partial charge in [0.2, 0.25) is 11.8 Å². The van der Waals surface area contributed by atoms with Crippen molar-refractivity contribution in [1.29, 1.82) is 0 Å². The van der Waals surface area contributed by atoms with Gasteiger partial charge in [-0.05, 0) is 45.1 Å². The molecule has 1 aromatic carbocycles. The summed E-state index contributed by atoms with van der Waals surface area (Å²) in [6, 6.07) is 9.39. The first-order chi connectivity index (χ1) is 16.1. The van der Waals surface area contributed by atoms with Gasteiger partial charge in [0.1, 0.15) is 11.7 Å². The van der Waals surface area contributed by atoms with Crippen molar-refractivity contribution in [3.8, 4) is 17.0 Å². The fraction of sp³-hybridized carbons (Fsp3) is 0.500. The van der Waals surface area contributed by atoms with Crippen LogP contribution in [0.4, 0.5) is 0 Å². The predicted molar refractivity (Wildman–Crippen MR) is 132 cm³/mol. The standard InChI is InChI=1S/C26H36N4O4/c1-17-9-7-8-10-21(17)20-11-22-25(27-12-20)34-23(14-29(6)24(32)15-28(4)5)18(2)13-30(26(22)33)19(3)16-31/h7-12,18-19,23,31H,13-16H2,1-6H3/t18-,19+,23-/m0/s1. The lowest BCUT2D eigenvalue weighted by Gasteiger charge is -2.37. The smallest absolute Gasteiger partial charge is 0.259 e. The van der Waals surface area contributed by atoms with Crippen LogP contribution < -0.4 is 4.74 Å². The van der Waals surface area contributed by atoms with Gasteiger partial charge in [-0.1, -0.05) is 31.2 Å². The molecule has 8 nitrogen and oxygen atoms in total. The minimum absolute atomic E-state index is 0.0115. The van der Waals surface area contributed by atoms with E-state index < -0.39 is 0 Å². The SMILES string of the molecule is Cc1ccccc1-c1cnc2c(c1)C(=O)N([C@H](C)CO)C[C@H](C)[C@H](CN(C)C(=O)CN(C)C)O2. The van der Waals surface area contributed by atoms with Gasteiger partial charge in [0.25, 0.3) is 5.91 Å². The van der Waals surface area contributed by atoms with Crippen molar-refractivity contribution in [2.24, 2.45) is 5.92 Å². The van der Waals surface area contributed by atoms with Crippen LogP contribution in [0.25, 0.3) is 11.1 Å². The molecule has 184 valence electrons. The number of amides is 2. The van der Waals surface area contributed by atoms with Crippen LogP contribution in [0.3, 0.4) is 0 Å². The summed E-state index contributed by atoms with van der Waals surface area (Å²) in [5.74, 6) is -0.0644. The van der Waals surface area contributed by atoms with Crippen LogP contribution in [0.15, 0.2) is 36.5 Å². The molecule has 3 rings (SSSR count). The Morgan fingerprint density at radius 2 is 1.97 bits per heavy atom. The molecule has 2 amide bonds. The highest BCUT2D eigenvalue weighted by atomic mass is 16.5. The van der Waals surface area contributed by atoms with Crippen molar-refractivity contribution in [1.82, 2.24) is 19.7 Å². The number of carbonyl (C=O) groups is 2. The Kier molecular flexibility index (Phi) is 8.28. The number of likely N-dealkylation sites (N-methyl/N-ethyl adjacent to an activating group) is 2. The van der Waals surface area contributed by atoms with Gasteiger partial charge in [0.15, 0.2) is 0 Å². The monoisotopic (exact) mass is 468 g/mol. The Labute approximate surface area is 202 Å². The zero-order chi connectivity index (χ0) is 25.0. The van der Waals surface area contributed by atoms with Gasteiger partial charge in [0.05, 0.1) is 25.7 Å². The van der Waals surface area contributed by atoms with Gasteiger partial charge < -0.3 is 24.5 Å². The van der Waals surface area contributed by atoms with Crippen LogP contribution >= 0.6 is 0 Å². The van der Waals surface area contributed by atoms with E-state index in [1.807, 2.05) is 70.1 Å². The molecule has 0 saturated heterocycles. The molecule has 34 heavy (non-hydrogen) atoms. The first kappa shape index (κ1) is 25.6. The average Bonchev–Trinajstić information content (AvgIpc) is 2.80. The number of ether oxygens (including phenoxy) is 1. The second-order valence-electron chi connectivity index (χ2n) is 9.53. The summed E-state index contributed by atoms with van der Waals surface area (Å²) >= 11 is 0. The van der Waals surface area contributed by atoms with Crippen molar-refractivity contribution in [2.45, 2.75) is 32.9 Å². The van der Waals surface area contributed by atoms with Crippen LogP contribution in [-0.4, -0.2) is 96.1 Å².